The summed E-state index contributed by atoms with van der Waals surface area (Å²) in [6.45, 7) is 2.48. The largest absolute Gasteiger partial charge is 0.346 e. The van der Waals surface area contributed by atoms with Crippen molar-refractivity contribution >= 4 is 21.8 Å². The lowest BCUT2D eigenvalue weighted by atomic mass is 10.1. The van der Waals surface area contributed by atoms with E-state index in [0.717, 1.165) is 16.8 Å². The summed E-state index contributed by atoms with van der Waals surface area (Å²) in [5.41, 5.74) is 4.27. The number of sulfone groups is 1. The number of hydrogen-bond acceptors (Lipinski definition) is 4. The fourth-order valence-corrected chi connectivity index (χ4v) is 5.20. The van der Waals surface area contributed by atoms with E-state index < -0.39 is 9.84 Å². The van der Waals surface area contributed by atoms with Crippen LogP contribution in [0, 0.1) is 0 Å². The van der Waals surface area contributed by atoms with Gasteiger partial charge in [0.15, 0.2) is 9.84 Å². The third-order valence-corrected chi connectivity index (χ3v) is 6.99. The van der Waals surface area contributed by atoms with E-state index in [1.165, 1.54) is 6.08 Å². The van der Waals surface area contributed by atoms with Crippen molar-refractivity contribution in [2.75, 3.05) is 5.75 Å². The van der Waals surface area contributed by atoms with Crippen molar-refractivity contribution < 1.29 is 13.2 Å². The first kappa shape index (κ1) is 21.1. The number of carbonyl (C=O) groups is 1. The maximum absolute atomic E-state index is 12.4. The van der Waals surface area contributed by atoms with E-state index in [0.29, 0.717) is 24.2 Å². The number of benzene rings is 2. The molecule has 0 fully saturated rings. The van der Waals surface area contributed by atoms with Gasteiger partial charge in [-0.2, -0.15) is 5.10 Å². The first-order chi connectivity index (χ1) is 14.9. The summed E-state index contributed by atoms with van der Waals surface area (Å²) < 4.78 is 26.3. The van der Waals surface area contributed by atoms with Crippen LogP contribution in [0.3, 0.4) is 0 Å². The van der Waals surface area contributed by atoms with Gasteiger partial charge in [0.05, 0.1) is 29.8 Å². The Labute approximate surface area is 182 Å². The molecule has 2 aromatic carbocycles. The van der Waals surface area contributed by atoms with Crippen LogP contribution in [0.15, 0.2) is 66.7 Å². The van der Waals surface area contributed by atoms with Crippen molar-refractivity contribution in [2.45, 2.75) is 31.7 Å². The zero-order valence-corrected chi connectivity index (χ0v) is 18.2. The molecule has 1 atom stereocenters. The Morgan fingerprint density at radius 3 is 2.52 bits per heavy atom. The number of carbonyl (C=O) groups excluding carboxylic acids is 1. The van der Waals surface area contributed by atoms with Crippen LogP contribution >= 0.6 is 0 Å². The van der Waals surface area contributed by atoms with E-state index in [4.69, 9.17) is 0 Å². The molecular formula is C24H25N3O3S. The van der Waals surface area contributed by atoms with Crippen LogP contribution in [0.1, 0.15) is 41.0 Å². The molecule has 0 saturated heterocycles. The van der Waals surface area contributed by atoms with Gasteiger partial charge in [-0.3, -0.25) is 9.48 Å². The molecule has 1 aliphatic heterocycles. The highest BCUT2D eigenvalue weighted by Gasteiger charge is 2.28. The normalized spacial score (nSPS) is 16.0. The number of fused-ring (bicyclic) bond motifs is 1. The van der Waals surface area contributed by atoms with Gasteiger partial charge in [-0.25, -0.2) is 8.42 Å². The highest BCUT2D eigenvalue weighted by Crippen LogP contribution is 2.26. The topological polar surface area (TPSA) is 81.1 Å². The molecule has 2 heterocycles. The molecule has 4 rings (SSSR count). The lowest BCUT2D eigenvalue weighted by molar-refractivity contribution is -0.117. The second-order valence-corrected chi connectivity index (χ2v) is 9.95. The zero-order chi connectivity index (χ0) is 21.8. The van der Waals surface area contributed by atoms with E-state index in [9.17, 15) is 13.2 Å². The summed E-state index contributed by atoms with van der Waals surface area (Å²) >= 11 is 0. The van der Waals surface area contributed by atoms with Gasteiger partial charge in [0.2, 0.25) is 5.91 Å². The van der Waals surface area contributed by atoms with Crippen molar-refractivity contribution in [3.05, 3.63) is 94.8 Å². The second kappa shape index (κ2) is 8.89. The Hall–Kier alpha value is -3.19. The Kier molecular flexibility index (Phi) is 6.04. The van der Waals surface area contributed by atoms with Crippen molar-refractivity contribution in [1.82, 2.24) is 15.1 Å². The molecular weight excluding hydrogens is 410 g/mol. The number of nitrogens with one attached hydrogen (secondary N) is 1. The Balaban J connectivity index is 1.56. The molecule has 0 radical (unpaired) electrons. The summed E-state index contributed by atoms with van der Waals surface area (Å²) in [5.74, 6) is -0.168. The third kappa shape index (κ3) is 5.11. The quantitative estimate of drug-likeness (QED) is 0.603. The molecule has 0 spiro atoms. The van der Waals surface area contributed by atoms with Gasteiger partial charge in [-0.15, -0.1) is 0 Å². The molecule has 1 amide bonds. The van der Waals surface area contributed by atoms with Crippen molar-refractivity contribution in [3.8, 4) is 0 Å². The smallest absolute Gasteiger partial charge is 0.244 e. The van der Waals surface area contributed by atoms with Crippen LogP contribution < -0.4 is 5.32 Å². The first-order valence-corrected chi connectivity index (χ1v) is 12.1. The van der Waals surface area contributed by atoms with Gasteiger partial charge in [-0.1, -0.05) is 60.7 Å². The molecule has 0 saturated carbocycles. The maximum atomic E-state index is 12.4. The van der Waals surface area contributed by atoms with Crippen molar-refractivity contribution in [3.63, 3.8) is 0 Å². The molecule has 7 heteroatoms. The minimum Gasteiger partial charge on any atom is -0.346 e. The highest BCUT2D eigenvalue weighted by atomic mass is 32.2. The summed E-state index contributed by atoms with van der Waals surface area (Å²) in [6, 6.07) is 19.5. The zero-order valence-electron chi connectivity index (χ0n) is 17.4. The predicted molar refractivity (Wildman–Crippen MR) is 121 cm³/mol. The van der Waals surface area contributed by atoms with Crippen LogP contribution in [0.4, 0.5) is 0 Å². The standard InChI is InChI=1S/C24H25N3O3S/c1-18(20-10-6-3-7-11-20)25-24(28)13-12-22-21-17-31(29,30)15-14-23(21)27(26-22)16-19-8-4-2-5-9-19/h2-13,18H,14-17H2,1H3,(H,25,28)/b13-12+/t18-/m0/s1. The summed E-state index contributed by atoms with van der Waals surface area (Å²) in [5, 5.41) is 7.58. The summed E-state index contributed by atoms with van der Waals surface area (Å²) in [6.07, 6.45) is 3.48. The predicted octanol–water partition coefficient (Wildman–Crippen LogP) is 3.29. The van der Waals surface area contributed by atoms with Crippen LogP contribution in [0.2, 0.25) is 0 Å². The van der Waals surface area contributed by atoms with Crippen molar-refractivity contribution in [1.29, 1.82) is 0 Å². The fourth-order valence-electron chi connectivity index (χ4n) is 3.80. The first-order valence-electron chi connectivity index (χ1n) is 10.3. The Bertz CT molecular complexity index is 1200. The van der Waals surface area contributed by atoms with Crippen molar-refractivity contribution in [2.24, 2.45) is 0 Å². The molecule has 31 heavy (non-hydrogen) atoms. The minimum absolute atomic E-state index is 0.0428. The van der Waals surface area contributed by atoms with E-state index in [1.807, 2.05) is 72.3 Å². The lowest BCUT2D eigenvalue weighted by Crippen LogP contribution is -2.24. The molecule has 160 valence electrons. The van der Waals surface area contributed by atoms with E-state index in [-0.39, 0.29) is 23.5 Å². The maximum Gasteiger partial charge on any atom is 0.244 e. The van der Waals surface area contributed by atoms with Crippen LogP contribution in [-0.4, -0.2) is 29.9 Å². The molecule has 0 unspecified atom stereocenters. The minimum atomic E-state index is -3.16. The fraction of sp³-hybridized carbons (Fsp3) is 0.250. The van der Waals surface area contributed by atoms with Gasteiger partial charge < -0.3 is 5.32 Å². The van der Waals surface area contributed by atoms with Gasteiger partial charge >= 0.3 is 0 Å². The average molecular weight is 436 g/mol. The van der Waals surface area contributed by atoms with Gasteiger partial charge in [0.1, 0.15) is 0 Å². The highest BCUT2D eigenvalue weighted by molar-refractivity contribution is 7.90. The number of hydrogen-bond donors (Lipinski definition) is 1. The average Bonchev–Trinajstić information content (AvgIpc) is 3.08. The van der Waals surface area contributed by atoms with E-state index >= 15 is 0 Å². The molecule has 6 nitrogen and oxygen atoms in total. The van der Waals surface area contributed by atoms with Gasteiger partial charge in [-0.05, 0) is 24.1 Å². The molecule has 3 aromatic rings. The summed E-state index contributed by atoms with van der Waals surface area (Å²) in [7, 11) is -3.16. The number of rotatable bonds is 6. The Morgan fingerprint density at radius 2 is 1.81 bits per heavy atom. The molecule has 0 bridgehead atoms. The molecule has 1 aliphatic rings. The van der Waals surface area contributed by atoms with Gasteiger partial charge in [0, 0.05) is 23.8 Å². The Morgan fingerprint density at radius 1 is 1.13 bits per heavy atom. The van der Waals surface area contributed by atoms with Crippen LogP contribution in [-0.2, 0) is 33.4 Å². The lowest BCUT2D eigenvalue weighted by Gasteiger charge is -2.15. The van der Waals surface area contributed by atoms with Crippen LogP contribution in [0.5, 0.6) is 0 Å². The number of aromatic nitrogens is 2. The molecule has 1 aromatic heterocycles. The molecule has 1 N–H and O–H groups in total. The van der Waals surface area contributed by atoms with Gasteiger partial charge in [0.25, 0.3) is 0 Å². The number of amides is 1. The van der Waals surface area contributed by atoms with E-state index in [2.05, 4.69) is 10.4 Å². The van der Waals surface area contributed by atoms with E-state index in [1.54, 1.807) is 6.08 Å². The molecule has 0 aliphatic carbocycles. The number of nitrogens with zero attached hydrogens (tertiary/aromatic N) is 2. The summed E-state index contributed by atoms with van der Waals surface area (Å²) in [4.78, 5) is 12.4. The monoisotopic (exact) mass is 435 g/mol. The third-order valence-electron chi connectivity index (χ3n) is 5.44. The second-order valence-electron chi connectivity index (χ2n) is 7.77. The van der Waals surface area contributed by atoms with Crippen LogP contribution in [0.25, 0.3) is 6.08 Å². The SMILES string of the molecule is C[C@H](NC(=O)/C=C/c1nn(Cc2ccccc2)c2c1CS(=O)(=O)CC2)c1ccccc1.